The normalized spacial score (nSPS) is 16.1. The number of hydrogen-bond donors (Lipinski definition) is 0. The molecular formula is C19H24N2O2. The molecule has 23 heavy (non-hydrogen) atoms. The number of hydrogen-bond acceptors (Lipinski definition) is 2. The van der Waals surface area contributed by atoms with Gasteiger partial charge in [-0.25, -0.2) is 0 Å². The van der Waals surface area contributed by atoms with Gasteiger partial charge in [-0.3, -0.25) is 14.2 Å². The first-order chi connectivity index (χ1) is 10.9. The lowest BCUT2D eigenvalue weighted by atomic mass is 10.0. The van der Waals surface area contributed by atoms with Crippen LogP contribution in [0, 0.1) is 20.8 Å². The Morgan fingerprint density at radius 1 is 1.04 bits per heavy atom. The Morgan fingerprint density at radius 2 is 1.70 bits per heavy atom. The molecule has 1 aromatic heterocycles. The van der Waals surface area contributed by atoms with Crippen molar-refractivity contribution in [3.8, 4) is 0 Å². The largest absolute Gasteiger partial charge is 0.341 e. The number of fused-ring (bicyclic) bond motifs is 1. The third-order valence-corrected chi connectivity index (χ3v) is 4.85. The summed E-state index contributed by atoms with van der Waals surface area (Å²) in [5.74, 6) is 0.0507. The summed E-state index contributed by atoms with van der Waals surface area (Å²) in [6.45, 7) is 9.48. The van der Waals surface area contributed by atoms with Crippen LogP contribution in [0.15, 0.2) is 23.0 Å². The van der Waals surface area contributed by atoms with Gasteiger partial charge in [-0.05, 0) is 57.7 Å². The van der Waals surface area contributed by atoms with Crippen molar-refractivity contribution >= 4 is 16.8 Å². The molecule has 4 heteroatoms. The van der Waals surface area contributed by atoms with Crippen molar-refractivity contribution < 1.29 is 4.79 Å². The quantitative estimate of drug-likeness (QED) is 0.855. The van der Waals surface area contributed by atoms with Gasteiger partial charge in [0.05, 0.1) is 5.52 Å². The van der Waals surface area contributed by atoms with Gasteiger partial charge >= 0.3 is 0 Å². The van der Waals surface area contributed by atoms with Crippen LogP contribution in [0.3, 0.4) is 0 Å². The van der Waals surface area contributed by atoms with E-state index in [1.165, 1.54) is 5.56 Å². The van der Waals surface area contributed by atoms with Gasteiger partial charge in [0, 0.05) is 24.5 Å². The minimum atomic E-state index is -0.467. The second-order valence-electron chi connectivity index (χ2n) is 6.72. The van der Waals surface area contributed by atoms with Gasteiger partial charge in [-0.15, -0.1) is 0 Å². The van der Waals surface area contributed by atoms with Gasteiger partial charge in [-0.1, -0.05) is 11.6 Å². The molecule has 0 bridgehead atoms. The molecule has 1 atom stereocenters. The van der Waals surface area contributed by atoms with Crippen molar-refractivity contribution in [1.82, 2.24) is 9.47 Å². The van der Waals surface area contributed by atoms with Gasteiger partial charge in [0.1, 0.15) is 6.04 Å². The molecule has 0 aliphatic carbocycles. The minimum Gasteiger partial charge on any atom is -0.341 e. The van der Waals surface area contributed by atoms with E-state index in [9.17, 15) is 9.59 Å². The standard InChI is InChI=1S/C19H24N2O2/c1-12-9-14(3)18-16(10-12)13(2)11-17(22)21(18)15(4)19(23)20-7-5-6-8-20/h9-11,15H,5-8H2,1-4H3. The third kappa shape index (κ3) is 2.67. The highest BCUT2D eigenvalue weighted by molar-refractivity contribution is 5.89. The van der Waals surface area contributed by atoms with Crippen LogP contribution >= 0.6 is 0 Å². The number of rotatable bonds is 2. The highest BCUT2D eigenvalue weighted by Crippen LogP contribution is 2.25. The molecule has 1 amide bonds. The molecule has 1 saturated heterocycles. The summed E-state index contributed by atoms with van der Waals surface area (Å²) in [7, 11) is 0. The lowest BCUT2D eigenvalue weighted by molar-refractivity contribution is -0.133. The average Bonchev–Trinajstić information content (AvgIpc) is 3.01. The fraction of sp³-hybridized carbons (Fsp3) is 0.474. The molecule has 2 heterocycles. The Labute approximate surface area is 136 Å². The van der Waals surface area contributed by atoms with Gasteiger partial charge in [0.25, 0.3) is 5.56 Å². The predicted octanol–water partition coefficient (Wildman–Crippen LogP) is 3.11. The van der Waals surface area contributed by atoms with E-state index in [2.05, 4.69) is 19.1 Å². The second kappa shape index (κ2) is 5.84. The molecule has 1 fully saturated rings. The van der Waals surface area contributed by atoms with E-state index in [1.54, 1.807) is 10.6 Å². The minimum absolute atomic E-state index is 0.0507. The molecule has 0 N–H and O–H groups in total. The highest BCUT2D eigenvalue weighted by Gasteiger charge is 2.26. The van der Waals surface area contributed by atoms with Crippen LogP contribution in [0.4, 0.5) is 0 Å². The Hall–Kier alpha value is -2.10. The maximum absolute atomic E-state index is 12.8. The third-order valence-electron chi connectivity index (χ3n) is 4.85. The number of aromatic nitrogens is 1. The second-order valence-corrected chi connectivity index (χ2v) is 6.72. The molecule has 1 aliphatic heterocycles. The Bertz CT molecular complexity index is 829. The monoisotopic (exact) mass is 312 g/mol. The first-order valence-electron chi connectivity index (χ1n) is 8.32. The zero-order chi connectivity index (χ0) is 16.7. The zero-order valence-corrected chi connectivity index (χ0v) is 14.3. The van der Waals surface area contributed by atoms with Crippen molar-refractivity contribution in [1.29, 1.82) is 0 Å². The number of carbonyl (C=O) groups is 1. The summed E-state index contributed by atoms with van der Waals surface area (Å²) in [5.41, 5.74) is 3.97. The molecule has 122 valence electrons. The molecule has 1 aliphatic rings. The molecule has 1 aromatic carbocycles. The zero-order valence-electron chi connectivity index (χ0n) is 14.3. The molecule has 0 saturated carbocycles. The van der Waals surface area contributed by atoms with Crippen LogP contribution in [0.2, 0.25) is 0 Å². The summed E-state index contributed by atoms with van der Waals surface area (Å²) in [6.07, 6.45) is 2.11. The maximum atomic E-state index is 12.8. The van der Waals surface area contributed by atoms with E-state index in [4.69, 9.17) is 0 Å². The highest BCUT2D eigenvalue weighted by atomic mass is 16.2. The number of nitrogens with zero attached hydrogens (tertiary/aromatic N) is 2. The Balaban J connectivity index is 2.20. The van der Waals surface area contributed by atoms with Crippen LogP contribution in [0.1, 0.15) is 42.5 Å². The average molecular weight is 312 g/mol. The molecule has 0 radical (unpaired) electrons. The summed E-state index contributed by atoms with van der Waals surface area (Å²) in [5, 5.41) is 1.06. The van der Waals surface area contributed by atoms with Crippen LogP contribution < -0.4 is 5.56 Å². The summed E-state index contributed by atoms with van der Waals surface area (Å²) >= 11 is 0. The van der Waals surface area contributed by atoms with E-state index < -0.39 is 6.04 Å². The van der Waals surface area contributed by atoms with E-state index >= 15 is 0 Å². The van der Waals surface area contributed by atoms with Crippen molar-refractivity contribution in [2.75, 3.05) is 13.1 Å². The maximum Gasteiger partial charge on any atom is 0.252 e. The molecule has 3 rings (SSSR count). The first-order valence-corrected chi connectivity index (χ1v) is 8.32. The van der Waals surface area contributed by atoms with Crippen LogP contribution in [0.5, 0.6) is 0 Å². The number of amides is 1. The first kappa shape index (κ1) is 15.8. The lowest BCUT2D eigenvalue weighted by Gasteiger charge is -2.24. The van der Waals surface area contributed by atoms with Crippen LogP contribution in [-0.2, 0) is 4.79 Å². The Kier molecular flexibility index (Phi) is 4.00. The van der Waals surface area contributed by atoms with E-state index in [0.717, 1.165) is 48.0 Å². The van der Waals surface area contributed by atoms with Crippen molar-refractivity contribution in [3.63, 3.8) is 0 Å². The SMILES string of the molecule is Cc1cc(C)c2c(c1)c(C)cc(=O)n2C(C)C(=O)N1CCCC1. The van der Waals surface area contributed by atoms with Gasteiger partial charge in [0.15, 0.2) is 0 Å². The number of benzene rings is 1. The van der Waals surface area contributed by atoms with Crippen molar-refractivity contribution in [2.45, 2.75) is 46.6 Å². The summed E-state index contributed by atoms with van der Waals surface area (Å²) < 4.78 is 1.68. The predicted molar refractivity (Wildman–Crippen MR) is 92.9 cm³/mol. The molecular weight excluding hydrogens is 288 g/mol. The van der Waals surface area contributed by atoms with Gasteiger partial charge in [0.2, 0.25) is 5.91 Å². The van der Waals surface area contributed by atoms with Crippen LogP contribution in [-0.4, -0.2) is 28.5 Å². The number of aryl methyl sites for hydroxylation is 3. The molecule has 0 spiro atoms. The molecule has 4 nitrogen and oxygen atoms in total. The summed E-state index contributed by atoms with van der Waals surface area (Å²) in [6, 6.07) is 5.35. The smallest absolute Gasteiger partial charge is 0.252 e. The lowest BCUT2D eigenvalue weighted by Crippen LogP contribution is -2.38. The summed E-state index contributed by atoms with van der Waals surface area (Å²) in [4.78, 5) is 27.3. The Morgan fingerprint density at radius 3 is 2.35 bits per heavy atom. The molecule has 1 unspecified atom stereocenters. The van der Waals surface area contributed by atoms with Crippen molar-refractivity contribution in [2.24, 2.45) is 0 Å². The number of pyridine rings is 1. The van der Waals surface area contributed by atoms with E-state index in [-0.39, 0.29) is 11.5 Å². The van der Waals surface area contributed by atoms with Gasteiger partial charge in [-0.2, -0.15) is 0 Å². The van der Waals surface area contributed by atoms with Crippen LogP contribution in [0.25, 0.3) is 10.9 Å². The number of likely N-dealkylation sites (tertiary alicyclic amines) is 1. The fourth-order valence-electron chi connectivity index (χ4n) is 3.72. The molecule has 2 aromatic rings. The van der Waals surface area contributed by atoms with E-state index in [1.807, 2.05) is 25.7 Å². The fourth-order valence-corrected chi connectivity index (χ4v) is 3.72. The topological polar surface area (TPSA) is 42.3 Å². The van der Waals surface area contributed by atoms with Crippen molar-refractivity contribution in [3.05, 3.63) is 45.2 Å². The van der Waals surface area contributed by atoms with E-state index in [0.29, 0.717) is 0 Å². The van der Waals surface area contributed by atoms with Gasteiger partial charge < -0.3 is 4.90 Å². The number of carbonyl (C=O) groups excluding carboxylic acids is 1.